The zero-order valence-corrected chi connectivity index (χ0v) is 8.64. The molecule has 2 rings (SSSR count). The first-order valence-electron chi connectivity index (χ1n) is 4.02. The van der Waals surface area contributed by atoms with Crippen molar-refractivity contribution in [3.05, 3.63) is 46.8 Å². The third kappa shape index (κ3) is 4.69. The molecule has 7 heteroatoms. The molecule has 0 atom stereocenters. The maximum Gasteiger partial charge on any atom is 0.336 e. The summed E-state index contributed by atoms with van der Waals surface area (Å²) in [6.45, 7) is 0. The second-order valence-corrected chi connectivity index (χ2v) is 3.52. The van der Waals surface area contributed by atoms with Gasteiger partial charge >= 0.3 is 5.63 Å². The average molecular weight is 242 g/mol. The summed E-state index contributed by atoms with van der Waals surface area (Å²) in [6, 6.07) is 10.6. The van der Waals surface area contributed by atoms with Gasteiger partial charge in [-0.25, -0.2) is 4.79 Å². The molecule has 16 heavy (non-hydrogen) atoms. The minimum Gasteiger partial charge on any atom is -0.759 e. The molecule has 6 nitrogen and oxygen atoms in total. The number of hydrogen-bond acceptors (Lipinski definition) is 6. The van der Waals surface area contributed by atoms with Crippen LogP contribution in [0.3, 0.4) is 0 Å². The van der Waals surface area contributed by atoms with E-state index >= 15 is 0 Å². The first-order chi connectivity index (χ1) is 7.36. The third-order valence-electron chi connectivity index (χ3n) is 1.53. The molecule has 1 heterocycles. The summed E-state index contributed by atoms with van der Waals surface area (Å²) >= 11 is 0. The molecule has 2 aromatic rings. The van der Waals surface area contributed by atoms with Gasteiger partial charge < -0.3 is 13.5 Å². The maximum absolute atomic E-state index is 10.7. The summed E-state index contributed by atoms with van der Waals surface area (Å²) < 4.78 is 39.0. The van der Waals surface area contributed by atoms with Crippen molar-refractivity contribution in [3.63, 3.8) is 0 Å². The van der Waals surface area contributed by atoms with Gasteiger partial charge in [-0.1, -0.05) is 18.2 Å². The van der Waals surface area contributed by atoms with Crippen LogP contribution in [-0.4, -0.2) is 17.5 Å². The molecular formula is C9H6O6S-2. The summed E-state index contributed by atoms with van der Waals surface area (Å²) in [7, 11) is -5.17. The molecule has 0 saturated heterocycles. The molecule has 1 aromatic heterocycles. The molecule has 0 N–H and O–H groups in total. The highest BCUT2D eigenvalue weighted by atomic mass is 32.3. The van der Waals surface area contributed by atoms with E-state index in [0.29, 0.717) is 5.58 Å². The molecule has 0 aliphatic carbocycles. The molecule has 0 fully saturated rings. The van der Waals surface area contributed by atoms with Crippen LogP contribution < -0.4 is 5.63 Å². The Morgan fingerprint density at radius 3 is 2.19 bits per heavy atom. The molecule has 0 amide bonds. The van der Waals surface area contributed by atoms with Crippen molar-refractivity contribution in [2.75, 3.05) is 0 Å². The van der Waals surface area contributed by atoms with Crippen LogP contribution in [0.4, 0.5) is 0 Å². The van der Waals surface area contributed by atoms with E-state index in [0.717, 1.165) is 5.39 Å². The zero-order valence-electron chi connectivity index (χ0n) is 7.82. The van der Waals surface area contributed by atoms with Crippen LogP contribution in [0, 0.1) is 0 Å². The standard InChI is InChI=1S/C9H6O2.H2O4S/c10-9-6-5-7-3-1-2-4-8(7)11-9;1-5(2,3)4/h1-6H;(H2,1,2,3,4)/p-2. The van der Waals surface area contributed by atoms with Gasteiger partial charge in [0.2, 0.25) is 0 Å². The maximum atomic E-state index is 10.7. The molecule has 0 unspecified atom stereocenters. The summed E-state index contributed by atoms with van der Waals surface area (Å²) in [5, 5.41) is 0.951. The largest absolute Gasteiger partial charge is 0.759 e. The number of hydrogen-bond donors (Lipinski definition) is 0. The molecule has 0 bridgehead atoms. The lowest BCUT2D eigenvalue weighted by Gasteiger charge is -2.06. The van der Waals surface area contributed by atoms with Gasteiger partial charge in [0.25, 0.3) is 0 Å². The Labute approximate surface area is 90.7 Å². The lowest BCUT2D eigenvalue weighted by atomic mass is 10.2. The Hall–Kier alpha value is -1.70. The second kappa shape index (κ2) is 4.88. The molecule has 1 aromatic carbocycles. The Bertz CT molecular complexity index is 619. The fraction of sp³-hybridized carbons (Fsp3) is 0. The first-order valence-corrected chi connectivity index (χ1v) is 5.35. The molecular weight excluding hydrogens is 236 g/mol. The van der Waals surface area contributed by atoms with E-state index in [1.54, 1.807) is 12.1 Å². The average Bonchev–Trinajstić information content (AvgIpc) is 2.15. The van der Waals surface area contributed by atoms with Gasteiger partial charge in [-0.3, -0.25) is 8.42 Å². The Balaban J connectivity index is 0.000000221. The van der Waals surface area contributed by atoms with E-state index in [2.05, 4.69) is 0 Å². The summed E-state index contributed by atoms with van der Waals surface area (Å²) in [5.41, 5.74) is 0.337. The normalized spacial score (nSPS) is 10.6. The van der Waals surface area contributed by atoms with Crippen molar-refractivity contribution >= 4 is 21.4 Å². The molecule has 86 valence electrons. The van der Waals surface area contributed by atoms with E-state index in [1.165, 1.54) is 6.07 Å². The van der Waals surface area contributed by atoms with E-state index in [-0.39, 0.29) is 5.63 Å². The van der Waals surface area contributed by atoms with Crippen LogP contribution in [0.25, 0.3) is 11.0 Å². The molecule has 0 radical (unpaired) electrons. The predicted molar refractivity (Wildman–Crippen MR) is 53.0 cm³/mol. The number of rotatable bonds is 0. The van der Waals surface area contributed by atoms with E-state index in [4.69, 9.17) is 21.9 Å². The van der Waals surface area contributed by atoms with Crippen LogP contribution in [-0.2, 0) is 10.4 Å². The van der Waals surface area contributed by atoms with Gasteiger partial charge in [0.15, 0.2) is 0 Å². The van der Waals surface area contributed by atoms with Gasteiger partial charge in [0.1, 0.15) is 5.58 Å². The molecule has 0 spiro atoms. The van der Waals surface area contributed by atoms with Gasteiger partial charge in [-0.2, -0.15) is 0 Å². The van der Waals surface area contributed by atoms with Crippen LogP contribution in [0.2, 0.25) is 0 Å². The summed E-state index contributed by atoms with van der Waals surface area (Å²) in [5.74, 6) is 0. The highest BCUT2D eigenvalue weighted by Crippen LogP contribution is 2.08. The fourth-order valence-electron chi connectivity index (χ4n) is 1.01. The van der Waals surface area contributed by atoms with E-state index in [9.17, 15) is 4.79 Å². The Kier molecular flexibility index (Phi) is 3.78. The van der Waals surface area contributed by atoms with Crippen LogP contribution in [0.5, 0.6) is 0 Å². The van der Waals surface area contributed by atoms with Gasteiger partial charge in [0, 0.05) is 21.9 Å². The zero-order chi connectivity index (χ0) is 12.2. The quantitative estimate of drug-likeness (QED) is 0.377. The van der Waals surface area contributed by atoms with Crippen molar-refractivity contribution in [2.45, 2.75) is 0 Å². The van der Waals surface area contributed by atoms with Gasteiger partial charge in [0.05, 0.1) is 0 Å². The highest BCUT2D eigenvalue weighted by molar-refractivity contribution is 7.79. The second-order valence-electron chi connectivity index (χ2n) is 2.70. The summed E-state index contributed by atoms with van der Waals surface area (Å²) in [6.07, 6.45) is 0. The topological polar surface area (TPSA) is 110 Å². The van der Waals surface area contributed by atoms with Gasteiger partial charge in [-0.05, 0) is 12.1 Å². The Morgan fingerprint density at radius 1 is 1.00 bits per heavy atom. The SMILES string of the molecule is O=S(=O)([O-])[O-].O=c1ccc2ccccc2o1. The van der Waals surface area contributed by atoms with E-state index in [1.807, 2.05) is 18.2 Å². The van der Waals surface area contributed by atoms with Gasteiger partial charge in [-0.15, -0.1) is 0 Å². The van der Waals surface area contributed by atoms with Crippen molar-refractivity contribution < 1.29 is 21.9 Å². The molecule has 0 aliphatic rings. The smallest absolute Gasteiger partial charge is 0.336 e. The molecule has 0 saturated carbocycles. The number of para-hydroxylation sites is 1. The summed E-state index contributed by atoms with van der Waals surface area (Å²) in [4.78, 5) is 10.7. The number of benzene rings is 1. The number of fused-ring (bicyclic) bond motifs is 1. The third-order valence-corrected chi connectivity index (χ3v) is 1.53. The van der Waals surface area contributed by atoms with E-state index < -0.39 is 10.4 Å². The van der Waals surface area contributed by atoms with Crippen molar-refractivity contribution in [3.8, 4) is 0 Å². The fourth-order valence-corrected chi connectivity index (χ4v) is 1.01. The van der Waals surface area contributed by atoms with Crippen molar-refractivity contribution in [2.24, 2.45) is 0 Å². The minimum atomic E-state index is -5.17. The predicted octanol–water partition coefficient (Wildman–Crippen LogP) is 0.455. The minimum absolute atomic E-state index is 0.302. The van der Waals surface area contributed by atoms with Crippen molar-refractivity contribution in [1.29, 1.82) is 0 Å². The lowest BCUT2D eigenvalue weighted by Crippen LogP contribution is -1.93. The highest BCUT2D eigenvalue weighted by Gasteiger charge is 1.92. The van der Waals surface area contributed by atoms with Crippen LogP contribution >= 0.6 is 0 Å². The van der Waals surface area contributed by atoms with Crippen LogP contribution in [0.1, 0.15) is 0 Å². The molecule has 0 aliphatic heterocycles. The van der Waals surface area contributed by atoms with Crippen LogP contribution in [0.15, 0.2) is 45.6 Å². The first kappa shape index (κ1) is 12.4. The lowest BCUT2D eigenvalue weighted by molar-refractivity contribution is 0.352. The van der Waals surface area contributed by atoms with Crippen molar-refractivity contribution in [1.82, 2.24) is 0 Å². The monoisotopic (exact) mass is 242 g/mol. The Morgan fingerprint density at radius 2 is 1.56 bits per heavy atom.